The summed E-state index contributed by atoms with van der Waals surface area (Å²) in [6.45, 7) is 9.03. The molecule has 1 N–H and O–H groups in total. The molecule has 0 amide bonds. The lowest BCUT2D eigenvalue weighted by atomic mass is 9.94. The van der Waals surface area contributed by atoms with Crippen molar-refractivity contribution in [3.63, 3.8) is 0 Å². The lowest BCUT2D eigenvalue weighted by Crippen LogP contribution is -2.33. The Kier molecular flexibility index (Phi) is 13.2. The number of carbonyl (C=O) groups is 1. The minimum atomic E-state index is -4.37. The molecule has 1 heterocycles. The molecule has 2 aromatic carbocycles. The summed E-state index contributed by atoms with van der Waals surface area (Å²) in [5.74, 6) is 0.0648. The summed E-state index contributed by atoms with van der Waals surface area (Å²) in [4.78, 5) is 11.1. The van der Waals surface area contributed by atoms with E-state index < -0.39 is 29.4 Å². The normalized spacial score (nSPS) is 16.4. The molecule has 0 aromatic heterocycles. The van der Waals surface area contributed by atoms with Crippen LogP contribution < -0.4 is 0 Å². The monoisotopic (exact) mass is 533 g/mol. The molecule has 1 unspecified atom stereocenters. The van der Waals surface area contributed by atoms with Gasteiger partial charge < -0.3 is 5.11 Å². The summed E-state index contributed by atoms with van der Waals surface area (Å²) in [5, 5.41) is 7.42. The fourth-order valence-corrected chi connectivity index (χ4v) is 4.06. The molecule has 3 nitrogen and oxygen atoms in total. The summed E-state index contributed by atoms with van der Waals surface area (Å²) >= 11 is 0. The van der Waals surface area contributed by atoms with Gasteiger partial charge in [0.25, 0.3) is 5.97 Å². The van der Waals surface area contributed by atoms with Gasteiger partial charge in [-0.1, -0.05) is 64.3 Å². The van der Waals surface area contributed by atoms with Gasteiger partial charge in [-0.2, -0.15) is 26.3 Å². The van der Waals surface area contributed by atoms with Crippen molar-refractivity contribution in [2.45, 2.75) is 84.7 Å². The van der Waals surface area contributed by atoms with Crippen molar-refractivity contribution in [2.24, 2.45) is 5.92 Å². The van der Waals surface area contributed by atoms with Crippen molar-refractivity contribution >= 4 is 5.97 Å². The molecule has 37 heavy (non-hydrogen) atoms. The average molecular weight is 534 g/mol. The maximum atomic E-state index is 12.8. The summed E-state index contributed by atoms with van der Waals surface area (Å²) < 4.78 is 76.3. The second kappa shape index (κ2) is 15.0. The molecule has 0 aliphatic carbocycles. The number of hydrogen-bond donors (Lipinski definition) is 1. The standard InChI is InChI=1S/C20H19F6N.C6H14.C2H4O2/c21-19(22,23)16-8-4-14(5-9-16)13-27-12-2-1-3-18(27)15-6-10-17(11-7-15)20(24,25)26;1-4-5-6(2)3;1-2(3)4/h4-11,18H,1-3,12-13H2;6H,4-5H2,1-3H3;1H3,(H,3,4). The number of benzene rings is 2. The second-order valence-corrected chi connectivity index (χ2v) is 9.50. The van der Waals surface area contributed by atoms with Crippen molar-refractivity contribution in [3.05, 3.63) is 70.8 Å². The van der Waals surface area contributed by atoms with E-state index >= 15 is 0 Å². The predicted octanol–water partition coefficient (Wildman–Crippen LogP) is 8.98. The molecule has 3 rings (SSSR count). The molecule has 208 valence electrons. The Balaban J connectivity index is 0.000000583. The molecule has 1 aliphatic rings. The van der Waals surface area contributed by atoms with Crippen molar-refractivity contribution < 1.29 is 36.2 Å². The summed E-state index contributed by atoms with van der Waals surface area (Å²) in [7, 11) is 0. The molecule has 1 fully saturated rings. The van der Waals surface area contributed by atoms with Crippen LogP contribution in [0.5, 0.6) is 0 Å². The van der Waals surface area contributed by atoms with Crippen LogP contribution in [0.4, 0.5) is 26.3 Å². The van der Waals surface area contributed by atoms with Gasteiger partial charge in [-0.05, 0) is 60.7 Å². The minimum Gasteiger partial charge on any atom is -0.481 e. The number of piperidine rings is 1. The Labute approximate surface area is 215 Å². The lowest BCUT2D eigenvalue weighted by molar-refractivity contribution is -0.138. The van der Waals surface area contributed by atoms with E-state index in [0.29, 0.717) is 6.54 Å². The SMILES string of the molecule is CC(=O)O.CCCC(C)C.FC(F)(F)c1ccc(CN2CCCCC2c2ccc(C(F)(F)F)cc2)cc1. The smallest absolute Gasteiger partial charge is 0.416 e. The molecule has 0 bridgehead atoms. The third-order valence-electron chi connectivity index (χ3n) is 5.77. The van der Waals surface area contributed by atoms with Crippen LogP contribution in [0, 0.1) is 5.92 Å². The molecule has 0 saturated carbocycles. The van der Waals surface area contributed by atoms with Crippen LogP contribution in [-0.4, -0.2) is 22.5 Å². The maximum absolute atomic E-state index is 12.8. The molecule has 0 spiro atoms. The Morgan fingerprint density at radius 3 is 1.76 bits per heavy atom. The predicted molar refractivity (Wildman–Crippen MR) is 133 cm³/mol. The number of hydrogen-bond acceptors (Lipinski definition) is 2. The third kappa shape index (κ3) is 12.5. The number of carboxylic acid groups (broad SMARTS) is 1. The van der Waals surface area contributed by atoms with E-state index in [1.807, 2.05) is 0 Å². The maximum Gasteiger partial charge on any atom is 0.416 e. The van der Waals surface area contributed by atoms with Crippen LogP contribution >= 0.6 is 0 Å². The quantitative estimate of drug-likeness (QED) is 0.390. The van der Waals surface area contributed by atoms with Crippen LogP contribution in [0.15, 0.2) is 48.5 Å². The van der Waals surface area contributed by atoms with Crippen LogP contribution in [0.2, 0.25) is 0 Å². The molecule has 1 saturated heterocycles. The number of carboxylic acids is 1. The number of alkyl halides is 6. The Morgan fingerprint density at radius 2 is 1.38 bits per heavy atom. The van der Waals surface area contributed by atoms with Crippen LogP contribution in [0.25, 0.3) is 0 Å². The van der Waals surface area contributed by atoms with Crippen molar-refractivity contribution in [2.75, 3.05) is 6.54 Å². The highest BCUT2D eigenvalue weighted by Crippen LogP contribution is 2.35. The number of nitrogens with zero attached hydrogens (tertiary/aromatic N) is 1. The molecule has 0 radical (unpaired) electrons. The number of rotatable bonds is 5. The van der Waals surface area contributed by atoms with E-state index in [1.54, 1.807) is 0 Å². The first-order valence-electron chi connectivity index (χ1n) is 12.4. The highest BCUT2D eigenvalue weighted by atomic mass is 19.4. The van der Waals surface area contributed by atoms with E-state index in [4.69, 9.17) is 9.90 Å². The van der Waals surface area contributed by atoms with E-state index in [-0.39, 0.29) is 6.04 Å². The highest BCUT2D eigenvalue weighted by Gasteiger charge is 2.32. The zero-order chi connectivity index (χ0) is 28.2. The number of aliphatic carboxylic acids is 1. The Bertz CT molecular complexity index is 918. The van der Waals surface area contributed by atoms with E-state index in [1.165, 1.54) is 37.1 Å². The second-order valence-electron chi connectivity index (χ2n) is 9.50. The fraction of sp³-hybridized carbons (Fsp3) is 0.536. The summed E-state index contributed by atoms with van der Waals surface area (Å²) in [6, 6.07) is 10.2. The van der Waals surface area contributed by atoms with Gasteiger partial charge in [0.15, 0.2) is 0 Å². The highest BCUT2D eigenvalue weighted by molar-refractivity contribution is 5.62. The van der Waals surface area contributed by atoms with Gasteiger partial charge >= 0.3 is 12.4 Å². The summed E-state index contributed by atoms with van der Waals surface area (Å²) in [5.41, 5.74) is 0.178. The van der Waals surface area contributed by atoms with Gasteiger partial charge in [-0.15, -0.1) is 0 Å². The minimum absolute atomic E-state index is 0.0386. The third-order valence-corrected chi connectivity index (χ3v) is 5.77. The first-order valence-corrected chi connectivity index (χ1v) is 12.4. The molecule has 9 heteroatoms. The van der Waals surface area contributed by atoms with E-state index in [2.05, 4.69) is 25.7 Å². The van der Waals surface area contributed by atoms with Crippen molar-refractivity contribution in [3.8, 4) is 0 Å². The van der Waals surface area contributed by atoms with E-state index in [9.17, 15) is 26.3 Å². The van der Waals surface area contributed by atoms with Gasteiger partial charge in [-0.3, -0.25) is 9.69 Å². The Morgan fingerprint density at radius 1 is 0.919 bits per heavy atom. The lowest BCUT2D eigenvalue weighted by Gasteiger charge is -2.36. The van der Waals surface area contributed by atoms with Gasteiger partial charge in [0, 0.05) is 19.5 Å². The van der Waals surface area contributed by atoms with Crippen LogP contribution in [0.1, 0.15) is 88.1 Å². The molecule has 1 atom stereocenters. The zero-order valence-electron chi connectivity index (χ0n) is 21.8. The van der Waals surface area contributed by atoms with Crippen LogP contribution in [-0.2, 0) is 23.7 Å². The molecule has 1 aliphatic heterocycles. The number of likely N-dealkylation sites (tertiary alicyclic amines) is 1. The Hall–Kier alpha value is -2.55. The van der Waals surface area contributed by atoms with Crippen LogP contribution in [0.3, 0.4) is 0 Å². The van der Waals surface area contributed by atoms with Gasteiger partial charge in [0.2, 0.25) is 0 Å². The largest absolute Gasteiger partial charge is 0.481 e. The van der Waals surface area contributed by atoms with Crippen molar-refractivity contribution in [1.82, 2.24) is 4.90 Å². The molecular weight excluding hydrogens is 496 g/mol. The average Bonchev–Trinajstić information content (AvgIpc) is 2.79. The first kappa shape index (κ1) is 32.5. The molecular formula is C28H37F6NO2. The van der Waals surface area contributed by atoms with Crippen molar-refractivity contribution in [1.29, 1.82) is 0 Å². The first-order chi connectivity index (χ1) is 17.1. The van der Waals surface area contributed by atoms with Gasteiger partial charge in [-0.25, -0.2) is 0 Å². The molecule has 2 aromatic rings. The zero-order valence-corrected chi connectivity index (χ0v) is 21.8. The fourth-order valence-electron chi connectivity index (χ4n) is 4.06. The van der Waals surface area contributed by atoms with Gasteiger partial charge in [0.05, 0.1) is 11.1 Å². The number of halogens is 6. The van der Waals surface area contributed by atoms with E-state index in [0.717, 1.165) is 74.0 Å². The van der Waals surface area contributed by atoms with Gasteiger partial charge in [0.1, 0.15) is 0 Å². The summed E-state index contributed by atoms with van der Waals surface area (Å²) in [6.07, 6.45) is -3.30. The topological polar surface area (TPSA) is 40.5 Å².